The fourth-order valence-electron chi connectivity index (χ4n) is 2.88. The van der Waals surface area contributed by atoms with Crippen LogP contribution in [0.1, 0.15) is 28.5 Å². The molecule has 0 spiro atoms. The SMILES string of the molecule is Cc1nnc2n1-c1ccc(C(F)(F)F)cc1C(c1ccccn1)=NC2. The van der Waals surface area contributed by atoms with E-state index < -0.39 is 11.7 Å². The molecule has 0 aliphatic carbocycles. The molecule has 8 heteroatoms. The van der Waals surface area contributed by atoms with Crippen LogP contribution >= 0.6 is 0 Å². The van der Waals surface area contributed by atoms with Crippen LogP contribution in [-0.2, 0) is 12.7 Å². The van der Waals surface area contributed by atoms with Gasteiger partial charge in [0.25, 0.3) is 0 Å². The van der Waals surface area contributed by atoms with Crippen molar-refractivity contribution in [3.63, 3.8) is 0 Å². The number of alkyl halides is 3. The van der Waals surface area contributed by atoms with Gasteiger partial charge in [-0.1, -0.05) is 6.07 Å². The summed E-state index contributed by atoms with van der Waals surface area (Å²) in [4.78, 5) is 8.72. The van der Waals surface area contributed by atoms with Crippen molar-refractivity contribution in [3.8, 4) is 5.69 Å². The number of hydrogen-bond acceptors (Lipinski definition) is 4. The van der Waals surface area contributed by atoms with Gasteiger partial charge in [0.05, 0.1) is 22.7 Å². The van der Waals surface area contributed by atoms with Crippen molar-refractivity contribution >= 4 is 5.71 Å². The van der Waals surface area contributed by atoms with Crippen molar-refractivity contribution in [2.24, 2.45) is 4.99 Å². The van der Waals surface area contributed by atoms with Crippen LogP contribution in [0.4, 0.5) is 13.2 Å². The maximum absolute atomic E-state index is 13.2. The Labute approximate surface area is 140 Å². The summed E-state index contributed by atoms with van der Waals surface area (Å²) in [6.07, 6.45) is -2.86. The van der Waals surface area contributed by atoms with Gasteiger partial charge in [-0.3, -0.25) is 14.5 Å². The monoisotopic (exact) mass is 343 g/mol. The Bertz CT molecular complexity index is 974. The van der Waals surface area contributed by atoms with Crippen molar-refractivity contribution in [2.75, 3.05) is 0 Å². The molecular formula is C17H12F3N5. The molecule has 0 fully saturated rings. The topological polar surface area (TPSA) is 56.0 Å². The van der Waals surface area contributed by atoms with E-state index in [1.54, 1.807) is 35.9 Å². The largest absolute Gasteiger partial charge is 0.416 e. The molecule has 0 saturated carbocycles. The smallest absolute Gasteiger partial charge is 0.281 e. The summed E-state index contributed by atoms with van der Waals surface area (Å²) in [7, 11) is 0. The van der Waals surface area contributed by atoms with E-state index in [1.165, 1.54) is 6.07 Å². The zero-order chi connectivity index (χ0) is 17.6. The van der Waals surface area contributed by atoms with Crippen LogP contribution in [0.3, 0.4) is 0 Å². The third kappa shape index (κ3) is 2.59. The number of aliphatic imine (C=N–C) groups is 1. The van der Waals surface area contributed by atoms with E-state index in [2.05, 4.69) is 20.2 Å². The van der Waals surface area contributed by atoms with Crippen molar-refractivity contribution < 1.29 is 13.2 Å². The second kappa shape index (κ2) is 5.51. The minimum absolute atomic E-state index is 0.211. The number of nitrogens with zero attached hydrogens (tertiary/aromatic N) is 5. The first-order valence-corrected chi connectivity index (χ1v) is 7.54. The molecule has 0 saturated heterocycles. The molecule has 1 aliphatic heterocycles. The summed E-state index contributed by atoms with van der Waals surface area (Å²) >= 11 is 0. The Morgan fingerprint density at radius 2 is 1.92 bits per heavy atom. The van der Waals surface area contributed by atoms with Gasteiger partial charge in [0, 0.05) is 11.8 Å². The van der Waals surface area contributed by atoms with Gasteiger partial charge in [-0.2, -0.15) is 13.2 Å². The molecule has 0 amide bonds. The average Bonchev–Trinajstić information content (AvgIpc) is 2.87. The van der Waals surface area contributed by atoms with Crippen LogP contribution in [0.5, 0.6) is 0 Å². The molecule has 0 unspecified atom stereocenters. The Hall–Kier alpha value is -3.03. The average molecular weight is 343 g/mol. The van der Waals surface area contributed by atoms with E-state index in [4.69, 9.17) is 0 Å². The molecule has 0 bridgehead atoms. The lowest BCUT2D eigenvalue weighted by Crippen LogP contribution is -2.13. The maximum Gasteiger partial charge on any atom is 0.416 e. The normalized spacial score (nSPS) is 13.7. The molecule has 126 valence electrons. The van der Waals surface area contributed by atoms with E-state index in [1.807, 2.05) is 0 Å². The van der Waals surface area contributed by atoms with Crippen molar-refractivity contribution in [1.29, 1.82) is 0 Å². The maximum atomic E-state index is 13.2. The number of aromatic nitrogens is 4. The minimum atomic E-state index is -4.44. The van der Waals surface area contributed by atoms with Gasteiger partial charge in [0.15, 0.2) is 5.82 Å². The fourth-order valence-corrected chi connectivity index (χ4v) is 2.88. The number of pyridine rings is 1. The van der Waals surface area contributed by atoms with E-state index in [0.717, 1.165) is 12.1 Å². The van der Waals surface area contributed by atoms with Gasteiger partial charge >= 0.3 is 6.18 Å². The summed E-state index contributed by atoms with van der Waals surface area (Å²) in [5, 5.41) is 8.09. The molecular weight excluding hydrogens is 331 g/mol. The Kier molecular flexibility index (Phi) is 3.41. The van der Waals surface area contributed by atoms with Crippen LogP contribution in [0.25, 0.3) is 5.69 Å². The first-order valence-electron chi connectivity index (χ1n) is 7.54. The molecule has 1 aromatic carbocycles. The van der Waals surface area contributed by atoms with Gasteiger partial charge in [0.1, 0.15) is 12.4 Å². The molecule has 3 aromatic rings. The Morgan fingerprint density at radius 3 is 2.64 bits per heavy atom. The molecule has 5 nitrogen and oxygen atoms in total. The first-order chi connectivity index (χ1) is 11.9. The molecule has 2 aromatic heterocycles. The first kappa shape index (κ1) is 15.5. The number of halogens is 3. The second-order valence-corrected chi connectivity index (χ2v) is 5.61. The minimum Gasteiger partial charge on any atom is -0.281 e. The van der Waals surface area contributed by atoms with Gasteiger partial charge in [-0.05, 0) is 37.3 Å². The molecule has 0 atom stereocenters. The molecule has 0 N–H and O–H groups in total. The third-order valence-corrected chi connectivity index (χ3v) is 4.00. The van der Waals surface area contributed by atoms with Crippen molar-refractivity contribution in [3.05, 3.63) is 71.1 Å². The number of fused-ring (bicyclic) bond motifs is 3. The highest BCUT2D eigenvalue weighted by molar-refractivity contribution is 6.14. The zero-order valence-electron chi connectivity index (χ0n) is 13.1. The summed E-state index contributed by atoms with van der Waals surface area (Å²) in [6.45, 7) is 1.96. The van der Waals surface area contributed by atoms with Crippen LogP contribution in [-0.4, -0.2) is 25.5 Å². The van der Waals surface area contributed by atoms with Gasteiger partial charge in [0.2, 0.25) is 0 Å². The molecule has 0 radical (unpaired) electrons. The summed E-state index contributed by atoms with van der Waals surface area (Å²) < 4.78 is 41.4. The van der Waals surface area contributed by atoms with Crippen LogP contribution < -0.4 is 0 Å². The molecule has 25 heavy (non-hydrogen) atoms. The highest BCUT2D eigenvalue weighted by Gasteiger charge is 2.33. The molecule has 1 aliphatic rings. The molecule has 4 rings (SSSR count). The van der Waals surface area contributed by atoms with Crippen molar-refractivity contribution in [2.45, 2.75) is 19.6 Å². The van der Waals surface area contributed by atoms with E-state index in [9.17, 15) is 13.2 Å². The lowest BCUT2D eigenvalue weighted by Gasteiger charge is -2.15. The Morgan fingerprint density at radius 1 is 1.08 bits per heavy atom. The second-order valence-electron chi connectivity index (χ2n) is 5.61. The summed E-state index contributed by atoms with van der Waals surface area (Å²) in [6, 6.07) is 8.84. The summed E-state index contributed by atoms with van der Waals surface area (Å²) in [5.41, 5.74) is 1.11. The lowest BCUT2D eigenvalue weighted by atomic mass is 10.0. The Balaban J connectivity index is 2.01. The van der Waals surface area contributed by atoms with E-state index >= 15 is 0 Å². The highest BCUT2D eigenvalue weighted by Crippen LogP contribution is 2.33. The lowest BCUT2D eigenvalue weighted by molar-refractivity contribution is -0.137. The van der Waals surface area contributed by atoms with Gasteiger partial charge < -0.3 is 0 Å². The van der Waals surface area contributed by atoms with Crippen LogP contribution in [0, 0.1) is 6.92 Å². The standard InChI is InChI=1S/C17H12F3N5/c1-10-23-24-15-9-22-16(13-4-2-3-7-21-13)12-8-11(17(18,19)20)5-6-14(12)25(10)15/h2-8H,9H2,1H3. The number of aryl methyl sites for hydroxylation is 1. The summed E-state index contributed by atoms with van der Waals surface area (Å²) in [5.74, 6) is 1.16. The number of rotatable bonds is 1. The number of hydrogen-bond donors (Lipinski definition) is 0. The number of benzene rings is 1. The fraction of sp³-hybridized carbons (Fsp3) is 0.176. The highest BCUT2D eigenvalue weighted by atomic mass is 19.4. The quantitative estimate of drug-likeness (QED) is 0.681. The zero-order valence-corrected chi connectivity index (χ0v) is 13.1. The predicted molar refractivity (Wildman–Crippen MR) is 84.7 cm³/mol. The van der Waals surface area contributed by atoms with Crippen LogP contribution in [0.2, 0.25) is 0 Å². The van der Waals surface area contributed by atoms with Crippen molar-refractivity contribution in [1.82, 2.24) is 19.7 Å². The van der Waals surface area contributed by atoms with Crippen LogP contribution in [0.15, 0.2) is 47.6 Å². The predicted octanol–water partition coefficient (Wildman–Crippen LogP) is 3.34. The molecule has 3 heterocycles. The van der Waals surface area contributed by atoms with Gasteiger partial charge in [-0.25, -0.2) is 0 Å². The third-order valence-electron chi connectivity index (χ3n) is 4.00. The van der Waals surface area contributed by atoms with Gasteiger partial charge in [-0.15, -0.1) is 10.2 Å². The van der Waals surface area contributed by atoms with E-state index in [-0.39, 0.29) is 6.54 Å². The van der Waals surface area contributed by atoms with E-state index in [0.29, 0.717) is 34.3 Å².